The second-order valence-electron chi connectivity index (χ2n) is 4.88. The molecule has 1 aromatic carbocycles. The molecule has 100 valence electrons. The van der Waals surface area contributed by atoms with Gasteiger partial charge in [-0.1, -0.05) is 0 Å². The second-order valence-corrected chi connectivity index (χ2v) is 4.88. The molecule has 0 amide bonds. The third-order valence-corrected chi connectivity index (χ3v) is 3.24. The molecule has 0 N–H and O–H groups in total. The summed E-state index contributed by atoms with van der Waals surface area (Å²) in [6.45, 7) is 10.4. The van der Waals surface area contributed by atoms with Crippen molar-refractivity contribution in [2.75, 3.05) is 0 Å². The first-order chi connectivity index (χ1) is 9.55. The average molecular weight is 266 g/mol. The first-order valence-electron chi connectivity index (χ1n) is 6.37. The standard InChI is InChI=1S/C16H14N2O2/c1-10(13-4-5-13)16(11(2)19)20-15-7-12(9-17)6-14(8-15)18-3/h6-8,13H,4-5H2,1-2H3/b16-10-. The predicted molar refractivity (Wildman–Crippen MR) is 74.2 cm³/mol. The molecule has 0 spiro atoms. The Morgan fingerprint density at radius 3 is 2.60 bits per heavy atom. The highest BCUT2D eigenvalue weighted by atomic mass is 16.5. The van der Waals surface area contributed by atoms with E-state index in [0.717, 1.165) is 18.4 Å². The maximum absolute atomic E-state index is 11.7. The highest BCUT2D eigenvalue weighted by molar-refractivity contribution is 5.92. The topological polar surface area (TPSA) is 54.4 Å². The zero-order valence-corrected chi connectivity index (χ0v) is 11.4. The molecule has 0 radical (unpaired) electrons. The molecule has 1 aromatic rings. The quantitative estimate of drug-likeness (QED) is 0.473. The molecular weight excluding hydrogens is 252 g/mol. The minimum Gasteiger partial charge on any atom is -0.455 e. The Morgan fingerprint density at radius 1 is 1.40 bits per heavy atom. The number of nitrogens with zero attached hydrogens (tertiary/aromatic N) is 2. The fourth-order valence-electron chi connectivity index (χ4n) is 2.02. The van der Waals surface area contributed by atoms with Crippen LogP contribution in [0, 0.1) is 23.8 Å². The Hall–Kier alpha value is -2.59. The van der Waals surface area contributed by atoms with E-state index in [1.807, 2.05) is 13.0 Å². The number of Topliss-reactive ketones (excluding diaryl/α,β-unsaturated/α-hetero) is 1. The van der Waals surface area contributed by atoms with Gasteiger partial charge in [0.25, 0.3) is 0 Å². The van der Waals surface area contributed by atoms with Gasteiger partial charge in [-0.2, -0.15) is 5.26 Å². The van der Waals surface area contributed by atoms with Crippen LogP contribution in [0.4, 0.5) is 5.69 Å². The van der Waals surface area contributed by atoms with Crippen LogP contribution in [0.15, 0.2) is 29.5 Å². The van der Waals surface area contributed by atoms with Gasteiger partial charge in [-0.05, 0) is 49.5 Å². The molecule has 1 fully saturated rings. The van der Waals surface area contributed by atoms with E-state index in [4.69, 9.17) is 16.6 Å². The third kappa shape index (κ3) is 3.05. The Kier molecular flexibility index (Phi) is 3.86. The summed E-state index contributed by atoms with van der Waals surface area (Å²) in [5.41, 5.74) is 1.62. The molecule has 4 heteroatoms. The van der Waals surface area contributed by atoms with E-state index in [0.29, 0.717) is 28.7 Å². The highest BCUT2D eigenvalue weighted by Gasteiger charge is 2.28. The van der Waals surface area contributed by atoms with E-state index < -0.39 is 0 Å². The maximum atomic E-state index is 11.7. The van der Waals surface area contributed by atoms with E-state index in [1.54, 1.807) is 0 Å². The number of hydrogen-bond donors (Lipinski definition) is 0. The molecule has 2 rings (SSSR count). The number of allylic oxidation sites excluding steroid dienone is 2. The van der Waals surface area contributed by atoms with Gasteiger partial charge in [0.2, 0.25) is 0 Å². The largest absolute Gasteiger partial charge is 0.455 e. The Bertz CT molecular complexity index is 638. The number of rotatable bonds is 4. The summed E-state index contributed by atoms with van der Waals surface area (Å²) in [7, 11) is 0. The van der Waals surface area contributed by atoms with Crippen LogP contribution in [0.2, 0.25) is 0 Å². The number of hydrogen-bond acceptors (Lipinski definition) is 3. The number of nitriles is 1. The van der Waals surface area contributed by atoms with Gasteiger partial charge >= 0.3 is 0 Å². The lowest BCUT2D eigenvalue weighted by Crippen LogP contribution is -2.09. The molecule has 0 aliphatic heterocycles. The summed E-state index contributed by atoms with van der Waals surface area (Å²) in [5.74, 6) is 0.980. The molecular formula is C16H14N2O2. The van der Waals surface area contributed by atoms with Crippen molar-refractivity contribution in [2.45, 2.75) is 26.7 Å². The van der Waals surface area contributed by atoms with Crippen LogP contribution in [-0.4, -0.2) is 5.78 Å². The predicted octanol–water partition coefficient (Wildman–Crippen LogP) is 3.76. The second kappa shape index (κ2) is 5.59. The number of ether oxygens (including phenoxy) is 1. The van der Waals surface area contributed by atoms with Crippen molar-refractivity contribution in [1.82, 2.24) is 0 Å². The van der Waals surface area contributed by atoms with Crippen molar-refractivity contribution in [2.24, 2.45) is 5.92 Å². The molecule has 1 saturated carbocycles. The van der Waals surface area contributed by atoms with E-state index in [-0.39, 0.29) is 5.78 Å². The van der Waals surface area contributed by atoms with Crippen molar-refractivity contribution >= 4 is 11.5 Å². The fourth-order valence-corrected chi connectivity index (χ4v) is 2.02. The van der Waals surface area contributed by atoms with Gasteiger partial charge in [-0.25, -0.2) is 4.85 Å². The summed E-state index contributed by atoms with van der Waals surface area (Å²) < 4.78 is 5.66. The molecule has 0 atom stereocenters. The van der Waals surface area contributed by atoms with Crippen LogP contribution in [0.1, 0.15) is 32.3 Å². The zero-order valence-electron chi connectivity index (χ0n) is 11.4. The lowest BCUT2D eigenvalue weighted by molar-refractivity contribution is -0.115. The third-order valence-electron chi connectivity index (χ3n) is 3.24. The van der Waals surface area contributed by atoms with E-state index in [2.05, 4.69) is 4.85 Å². The number of carbonyl (C=O) groups is 1. The Labute approximate surface area is 118 Å². The summed E-state index contributed by atoms with van der Waals surface area (Å²) in [5, 5.41) is 8.95. The van der Waals surface area contributed by atoms with Gasteiger partial charge in [0.15, 0.2) is 17.2 Å². The molecule has 0 heterocycles. The highest BCUT2D eigenvalue weighted by Crippen LogP contribution is 2.38. The minimum atomic E-state index is -0.138. The molecule has 1 aliphatic carbocycles. The lowest BCUT2D eigenvalue weighted by Gasteiger charge is -2.11. The average Bonchev–Trinajstić information content (AvgIpc) is 3.27. The van der Waals surface area contributed by atoms with Crippen LogP contribution in [-0.2, 0) is 4.79 Å². The van der Waals surface area contributed by atoms with Gasteiger partial charge in [0, 0.05) is 12.5 Å². The smallest absolute Gasteiger partial charge is 0.194 e. The first-order valence-corrected chi connectivity index (χ1v) is 6.37. The minimum absolute atomic E-state index is 0.138. The maximum Gasteiger partial charge on any atom is 0.194 e. The summed E-state index contributed by atoms with van der Waals surface area (Å²) in [4.78, 5) is 15.0. The van der Waals surface area contributed by atoms with Crippen molar-refractivity contribution in [3.05, 3.63) is 46.5 Å². The summed E-state index contributed by atoms with van der Waals surface area (Å²) in [6.07, 6.45) is 2.16. The Morgan fingerprint density at radius 2 is 2.10 bits per heavy atom. The zero-order chi connectivity index (χ0) is 14.7. The summed E-state index contributed by atoms with van der Waals surface area (Å²) in [6, 6.07) is 6.55. The number of ketones is 1. The van der Waals surface area contributed by atoms with Crippen LogP contribution in [0.5, 0.6) is 5.75 Å². The van der Waals surface area contributed by atoms with Crippen molar-refractivity contribution in [1.29, 1.82) is 5.26 Å². The van der Waals surface area contributed by atoms with E-state index in [9.17, 15) is 4.79 Å². The molecule has 1 aliphatic rings. The van der Waals surface area contributed by atoms with Crippen molar-refractivity contribution in [3.8, 4) is 11.8 Å². The van der Waals surface area contributed by atoms with E-state index >= 15 is 0 Å². The van der Waals surface area contributed by atoms with Crippen molar-refractivity contribution < 1.29 is 9.53 Å². The molecule has 0 saturated heterocycles. The fraction of sp³-hybridized carbons (Fsp3) is 0.312. The van der Waals surface area contributed by atoms with Crippen molar-refractivity contribution in [3.63, 3.8) is 0 Å². The first kappa shape index (κ1) is 13.8. The van der Waals surface area contributed by atoms with Crippen LogP contribution in [0.25, 0.3) is 4.85 Å². The normalized spacial score (nSPS) is 14.8. The molecule has 0 bridgehead atoms. The van der Waals surface area contributed by atoms with Gasteiger partial charge in [-0.15, -0.1) is 0 Å². The number of carbonyl (C=O) groups excluding carboxylic acids is 1. The van der Waals surface area contributed by atoms with Crippen LogP contribution < -0.4 is 4.74 Å². The molecule has 0 unspecified atom stereocenters. The number of benzene rings is 1. The van der Waals surface area contributed by atoms with Gasteiger partial charge in [-0.3, -0.25) is 4.79 Å². The van der Waals surface area contributed by atoms with Gasteiger partial charge in [0.05, 0.1) is 12.6 Å². The molecule has 4 nitrogen and oxygen atoms in total. The Balaban J connectivity index is 2.37. The lowest BCUT2D eigenvalue weighted by atomic mass is 10.1. The van der Waals surface area contributed by atoms with E-state index in [1.165, 1.54) is 25.1 Å². The van der Waals surface area contributed by atoms with Gasteiger partial charge < -0.3 is 4.74 Å². The van der Waals surface area contributed by atoms with Gasteiger partial charge in [0.1, 0.15) is 5.75 Å². The molecule has 0 aromatic heterocycles. The molecule has 20 heavy (non-hydrogen) atoms. The SMILES string of the molecule is [C-]#[N+]c1cc(C#N)cc(O/C(C(C)=O)=C(/C)C2CC2)c1. The van der Waals surface area contributed by atoms with Crippen LogP contribution in [0.3, 0.4) is 0 Å². The van der Waals surface area contributed by atoms with Crippen LogP contribution >= 0.6 is 0 Å². The monoisotopic (exact) mass is 266 g/mol. The summed E-state index contributed by atoms with van der Waals surface area (Å²) >= 11 is 0.